The van der Waals surface area contributed by atoms with Gasteiger partial charge in [0.15, 0.2) is 0 Å². The van der Waals surface area contributed by atoms with Crippen LogP contribution < -0.4 is 10.5 Å². The fourth-order valence-corrected chi connectivity index (χ4v) is 1.29. The van der Waals surface area contributed by atoms with Crippen LogP contribution in [0, 0.1) is 0 Å². The van der Waals surface area contributed by atoms with Crippen LogP contribution in [-0.4, -0.2) is 17.6 Å². The maximum absolute atomic E-state index is 10.5. The number of primary amides is 1. The fourth-order valence-electron chi connectivity index (χ4n) is 1.29. The molecule has 0 aliphatic heterocycles. The molecule has 0 unspecified atom stereocenters. The quantitative estimate of drug-likeness (QED) is 0.765. The van der Waals surface area contributed by atoms with E-state index in [1.54, 1.807) is 12.1 Å². The molecule has 4 nitrogen and oxygen atoms in total. The summed E-state index contributed by atoms with van der Waals surface area (Å²) in [4.78, 5) is 10.5. The molecule has 0 spiro atoms. The van der Waals surface area contributed by atoms with Crippen LogP contribution in [0.5, 0.6) is 5.75 Å². The molecule has 0 aliphatic rings. The number of benzene rings is 1. The molecule has 0 bridgehead atoms. The second-order valence-corrected chi connectivity index (χ2v) is 3.56. The number of carbonyl (C=O) groups excluding carboxylic acids is 1. The van der Waals surface area contributed by atoms with Crippen molar-refractivity contribution in [3.05, 3.63) is 29.8 Å². The van der Waals surface area contributed by atoms with Crippen molar-refractivity contribution >= 4 is 5.91 Å². The third-order valence-corrected chi connectivity index (χ3v) is 2.27. The van der Waals surface area contributed by atoms with E-state index in [9.17, 15) is 9.90 Å². The van der Waals surface area contributed by atoms with Crippen molar-refractivity contribution in [3.63, 3.8) is 0 Å². The monoisotopic (exact) mass is 223 g/mol. The van der Waals surface area contributed by atoms with Crippen LogP contribution in [0.2, 0.25) is 0 Å². The van der Waals surface area contributed by atoms with E-state index in [0.717, 1.165) is 5.56 Å². The van der Waals surface area contributed by atoms with Crippen LogP contribution in [0.3, 0.4) is 0 Å². The number of aliphatic hydroxyl groups is 1. The van der Waals surface area contributed by atoms with E-state index in [1.165, 1.54) is 0 Å². The molecule has 0 heterocycles. The molecule has 0 saturated heterocycles. The second kappa shape index (κ2) is 6.12. The predicted molar refractivity (Wildman–Crippen MR) is 61.0 cm³/mol. The zero-order valence-electron chi connectivity index (χ0n) is 9.35. The molecular formula is C12H17NO3. The molecule has 1 amide bonds. The van der Waals surface area contributed by atoms with Gasteiger partial charge in [0.25, 0.3) is 0 Å². The van der Waals surface area contributed by atoms with Crippen molar-refractivity contribution in [2.75, 3.05) is 6.61 Å². The minimum Gasteiger partial charge on any atom is -0.493 e. The zero-order valence-corrected chi connectivity index (χ0v) is 9.35. The van der Waals surface area contributed by atoms with E-state index in [4.69, 9.17) is 10.5 Å². The van der Waals surface area contributed by atoms with Crippen LogP contribution >= 0.6 is 0 Å². The minimum absolute atomic E-state index is 0.208. The van der Waals surface area contributed by atoms with Gasteiger partial charge in [-0.2, -0.15) is 0 Å². The van der Waals surface area contributed by atoms with Crippen molar-refractivity contribution in [3.8, 4) is 5.75 Å². The van der Waals surface area contributed by atoms with E-state index < -0.39 is 6.10 Å². The summed E-state index contributed by atoms with van der Waals surface area (Å²) in [5.74, 6) is 0.298. The smallest absolute Gasteiger partial charge is 0.220 e. The van der Waals surface area contributed by atoms with Crippen LogP contribution in [-0.2, 0) is 4.79 Å². The SMILES string of the molecule is CC[C@@H](O)c1ccc(OCCC(N)=O)cc1. The summed E-state index contributed by atoms with van der Waals surface area (Å²) in [5.41, 5.74) is 5.85. The molecule has 0 aliphatic carbocycles. The Hall–Kier alpha value is -1.55. The van der Waals surface area contributed by atoms with Gasteiger partial charge in [0, 0.05) is 0 Å². The number of amides is 1. The van der Waals surface area contributed by atoms with Gasteiger partial charge in [0.05, 0.1) is 19.1 Å². The highest BCUT2D eigenvalue weighted by Gasteiger charge is 2.04. The van der Waals surface area contributed by atoms with Gasteiger partial charge in [-0.25, -0.2) is 0 Å². The largest absolute Gasteiger partial charge is 0.493 e. The second-order valence-electron chi connectivity index (χ2n) is 3.56. The number of rotatable bonds is 6. The first-order valence-electron chi connectivity index (χ1n) is 5.32. The van der Waals surface area contributed by atoms with Gasteiger partial charge in [-0.05, 0) is 24.1 Å². The Morgan fingerprint density at radius 2 is 2.06 bits per heavy atom. The van der Waals surface area contributed by atoms with E-state index in [2.05, 4.69) is 0 Å². The molecule has 0 saturated carbocycles. The van der Waals surface area contributed by atoms with Crippen LogP contribution in [0.25, 0.3) is 0 Å². The van der Waals surface area contributed by atoms with Gasteiger partial charge in [-0.15, -0.1) is 0 Å². The molecule has 4 heteroatoms. The van der Waals surface area contributed by atoms with Crippen LogP contribution in [0.1, 0.15) is 31.4 Å². The highest BCUT2D eigenvalue weighted by Crippen LogP contribution is 2.19. The Kier molecular flexibility index (Phi) is 4.79. The Balaban J connectivity index is 2.48. The summed E-state index contributed by atoms with van der Waals surface area (Å²) in [5, 5.41) is 9.57. The molecule has 1 aromatic rings. The fraction of sp³-hybridized carbons (Fsp3) is 0.417. The normalized spacial score (nSPS) is 12.1. The lowest BCUT2D eigenvalue weighted by molar-refractivity contribution is -0.118. The average molecular weight is 223 g/mol. The highest BCUT2D eigenvalue weighted by molar-refractivity contribution is 5.73. The lowest BCUT2D eigenvalue weighted by Crippen LogP contribution is -2.14. The number of carbonyl (C=O) groups is 1. The molecule has 0 fully saturated rings. The van der Waals surface area contributed by atoms with Crippen molar-refractivity contribution in [1.29, 1.82) is 0 Å². The highest BCUT2D eigenvalue weighted by atomic mass is 16.5. The van der Waals surface area contributed by atoms with E-state index in [1.807, 2.05) is 19.1 Å². The number of nitrogens with two attached hydrogens (primary N) is 1. The number of aliphatic hydroxyl groups excluding tert-OH is 1. The van der Waals surface area contributed by atoms with Gasteiger partial charge < -0.3 is 15.6 Å². The average Bonchev–Trinajstić information content (AvgIpc) is 2.28. The molecule has 16 heavy (non-hydrogen) atoms. The first-order chi connectivity index (χ1) is 7.63. The molecule has 0 radical (unpaired) electrons. The summed E-state index contributed by atoms with van der Waals surface area (Å²) in [7, 11) is 0. The zero-order chi connectivity index (χ0) is 12.0. The van der Waals surface area contributed by atoms with Crippen LogP contribution in [0.15, 0.2) is 24.3 Å². The molecule has 88 valence electrons. The third-order valence-electron chi connectivity index (χ3n) is 2.27. The first-order valence-corrected chi connectivity index (χ1v) is 5.32. The topological polar surface area (TPSA) is 72.6 Å². The third kappa shape index (κ3) is 3.90. The molecule has 1 atom stereocenters. The first kappa shape index (κ1) is 12.5. The van der Waals surface area contributed by atoms with E-state index in [0.29, 0.717) is 12.2 Å². The van der Waals surface area contributed by atoms with Gasteiger partial charge in [-0.1, -0.05) is 19.1 Å². The molecular weight excluding hydrogens is 206 g/mol. The number of hydrogen-bond donors (Lipinski definition) is 2. The van der Waals surface area contributed by atoms with Crippen molar-refractivity contribution in [2.45, 2.75) is 25.9 Å². The number of hydrogen-bond acceptors (Lipinski definition) is 3. The minimum atomic E-state index is -0.431. The van der Waals surface area contributed by atoms with E-state index in [-0.39, 0.29) is 18.9 Å². The van der Waals surface area contributed by atoms with Gasteiger partial charge in [0.1, 0.15) is 5.75 Å². The summed E-state index contributed by atoms with van der Waals surface area (Å²) in [6.07, 6.45) is 0.459. The molecule has 3 N–H and O–H groups in total. The summed E-state index contributed by atoms with van der Waals surface area (Å²) in [6.45, 7) is 2.20. The van der Waals surface area contributed by atoms with E-state index >= 15 is 0 Å². The van der Waals surface area contributed by atoms with Crippen molar-refractivity contribution < 1.29 is 14.6 Å². The number of ether oxygens (including phenoxy) is 1. The molecule has 0 aromatic heterocycles. The van der Waals surface area contributed by atoms with Crippen molar-refractivity contribution in [2.24, 2.45) is 5.73 Å². The molecule has 1 rings (SSSR count). The maximum Gasteiger partial charge on any atom is 0.220 e. The summed E-state index contributed by atoms with van der Waals surface area (Å²) < 4.78 is 5.30. The molecule has 1 aromatic carbocycles. The lowest BCUT2D eigenvalue weighted by atomic mass is 10.1. The predicted octanol–water partition coefficient (Wildman–Crippen LogP) is 1.38. The van der Waals surface area contributed by atoms with Gasteiger partial charge in [0.2, 0.25) is 5.91 Å². The Morgan fingerprint density at radius 1 is 1.44 bits per heavy atom. The Labute approximate surface area is 95.0 Å². The van der Waals surface area contributed by atoms with Crippen molar-refractivity contribution in [1.82, 2.24) is 0 Å². The standard InChI is InChI=1S/C12H17NO3/c1-2-11(14)9-3-5-10(6-4-9)16-8-7-12(13)15/h3-6,11,14H,2,7-8H2,1H3,(H2,13,15)/t11-/m1/s1. The van der Waals surface area contributed by atoms with Crippen LogP contribution in [0.4, 0.5) is 0 Å². The summed E-state index contributed by atoms with van der Waals surface area (Å²) >= 11 is 0. The lowest BCUT2D eigenvalue weighted by Gasteiger charge is -2.09. The summed E-state index contributed by atoms with van der Waals surface area (Å²) in [6, 6.07) is 7.17. The Bertz CT molecular complexity index is 335. The Morgan fingerprint density at radius 3 is 2.56 bits per heavy atom. The maximum atomic E-state index is 10.5. The van der Waals surface area contributed by atoms with Gasteiger partial charge in [-0.3, -0.25) is 4.79 Å². The van der Waals surface area contributed by atoms with Gasteiger partial charge >= 0.3 is 0 Å².